The van der Waals surface area contributed by atoms with Crippen LogP contribution in [0.1, 0.15) is 48.6 Å². The molecule has 1 amide bonds. The van der Waals surface area contributed by atoms with Crippen molar-refractivity contribution >= 4 is 18.1 Å². The number of imidazole rings is 1. The molecule has 150 valence electrons. The number of rotatable bonds is 4. The summed E-state index contributed by atoms with van der Waals surface area (Å²) >= 11 is 5.26. The summed E-state index contributed by atoms with van der Waals surface area (Å²) in [6, 6.07) is 0.381. The van der Waals surface area contributed by atoms with Crippen LogP contribution < -0.4 is 5.32 Å². The fourth-order valence-electron chi connectivity index (χ4n) is 4.30. The van der Waals surface area contributed by atoms with Gasteiger partial charge in [0, 0.05) is 41.5 Å². The van der Waals surface area contributed by atoms with Crippen molar-refractivity contribution in [3.8, 4) is 0 Å². The number of nitrogens with zero attached hydrogens (tertiary/aromatic N) is 1. The van der Waals surface area contributed by atoms with E-state index >= 15 is 0 Å². The Balaban J connectivity index is 1.57. The van der Waals surface area contributed by atoms with Gasteiger partial charge in [-0.15, -0.1) is 0 Å². The Kier molecular flexibility index (Phi) is 5.03. The van der Waals surface area contributed by atoms with Crippen molar-refractivity contribution in [3.05, 3.63) is 51.1 Å². The van der Waals surface area contributed by atoms with E-state index in [-0.39, 0.29) is 37.4 Å². The number of carbonyl (C=O) groups excluding carboxylic acids is 1. The van der Waals surface area contributed by atoms with Crippen molar-refractivity contribution < 1.29 is 22.4 Å². The van der Waals surface area contributed by atoms with Crippen molar-refractivity contribution in [1.82, 2.24) is 14.9 Å². The molecule has 1 fully saturated rings. The predicted octanol–water partition coefficient (Wildman–Crippen LogP) is 4.04. The lowest BCUT2D eigenvalue weighted by molar-refractivity contribution is -0.121. The average molecular weight is 413 g/mol. The third-order valence-electron chi connectivity index (χ3n) is 5.63. The minimum Gasteiger partial charge on any atom is -0.353 e. The number of H-pyrrole nitrogens is 1. The fourth-order valence-corrected chi connectivity index (χ4v) is 4.61. The Bertz CT molecular complexity index is 968. The Morgan fingerprint density at radius 2 is 1.82 bits per heavy atom. The zero-order valence-electron chi connectivity index (χ0n) is 15.0. The molecular weight excluding hydrogens is 394 g/mol. The summed E-state index contributed by atoms with van der Waals surface area (Å²) in [4.78, 5) is 15.3. The number of nitrogens with one attached hydrogen (secondary N) is 2. The van der Waals surface area contributed by atoms with Gasteiger partial charge < -0.3 is 14.9 Å². The zero-order chi connectivity index (χ0) is 20.0. The Hall–Kier alpha value is -2.16. The molecule has 2 aromatic rings. The number of aromatic nitrogens is 2. The Morgan fingerprint density at radius 1 is 1.18 bits per heavy atom. The molecular formula is C19H19F4N3OS. The molecule has 1 aliphatic heterocycles. The van der Waals surface area contributed by atoms with E-state index in [0.717, 1.165) is 25.7 Å². The molecule has 0 saturated heterocycles. The van der Waals surface area contributed by atoms with Crippen LogP contribution in [0.25, 0.3) is 0 Å². The first-order chi connectivity index (χ1) is 13.3. The predicted molar refractivity (Wildman–Crippen MR) is 96.4 cm³/mol. The molecule has 1 aliphatic carbocycles. The lowest BCUT2D eigenvalue weighted by atomic mass is 9.94. The van der Waals surface area contributed by atoms with E-state index < -0.39 is 34.8 Å². The van der Waals surface area contributed by atoms with Gasteiger partial charge in [0.1, 0.15) is 0 Å². The minimum absolute atomic E-state index is 0.0671. The molecule has 1 aromatic heterocycles. The second-order valence-electron chi connectivity index (χ2n) is 7.47. The SMILES string of the molecule is O=C(Cc1[nH]c(=S)n2c1C[C@H](c1c(F)c(F)cc(F)c1F)C2)NC1CCCC1. The van der Waals surface area contributed by atoms with E-state index in [0.29, 0.717) is 16.2 Å². The highest BCUT2D eigenvalue weighted by atomic mass is 32.1. The van der Waals surface area contributed by atoms with Crippen LogP contribution in [0.2, 0.25) is 0 Å². The molecule has 2 aliphatic rings. The van der Waals surface area contributed by atoms with Gasteiger partial charge in [0.2, 0.25) is 5.91 Å². The number of fused-ring (bicyclic) bond motifs is 1. The first kappa shape index (κ1) is 19.2. The van der Waals surface area contributed by atoms with Crippen LogP contribution in [-0.2, 0) is 24.2 Å². The van der Waals surface area contributed by atoms with Crippen LogP contribution in [-0.4, -0.2) is 21.5 Å². The van der Waals surface area contributed by atoms with Crippen molar-refractivity contribution in [1.29, 1.82) is 0 Å². The third-order valence-corrected chi connectivity index (χ3v) is 5.95. The van der Waals surface area contributed by atoms with Crippen molar-refractivity contribution in [2.75, 3.05) is 0 Å². The van der Waals surface area contributed by atoms with Crippen molar-refractivity contribution in [2.24, 2.45) is 0 Å². The number of hydrogen-bond acceptors (Lipinski definition) is 2. The van der Waals surface area contributed by atoms with E-state index in [1.807, 2.05) is 0 Å². The van der Waals surface area contributed by atoms with Crippen molar-refractivity contribution in [3.63, 3.8) is 0 Å². The van der Waals surface area contributed by atoms with Gasteiger partial charge in [-0.25, -0.2) is 17.6 Å². The monoisotopic (exact) mass is 413 g/mol. The lowest BCUT2D eigenvalue weighted by Gasteiger charge is -2.13. The number of aromatic amines is 1. The number of halogens is 4. The zero-order valence-corrected chi connectivity index (χ0v) is 15.8. The quantitative estimate of drug-likeness (QED) is 0.452. The van der Waals surface area contributed by atoms with Gasteiger partial charge in [-0.1, -0.05) is 12.8 Å². The molecule has 1 aromatic carbocycles. The highest BCUT2D eigenvalue weighted by Gasteiger charge is 2.33. The summed E-state index contributed by atoms with van der Waals surface area (Å²) in [5, 5.41) is 2.98. The first-order valence-electron chi connectivity index (χ1n) is 9.28. The maximum atomic E-state index is 14.2. The molecule has 9 heteroatoms. The second kappa shape index (κ2) is 7.35. The molecule has 0 bridgehead atoms. The maximum absolute atomic E-state index is 14.2. The van der Waals surface area contributed by atoms with Crippen LogP contribution in [0, 0.1) is 28.0 Å². The number of benzene rings is 1. The normalized spacial score (nSPS) is 19.2. The smallest absolute Gasteiger partial charge is 0.226 e. The van der Waals surface area contributed by atoms with Gasteiger partial charge in [0.15, 0.2) is 28.0 Å². The van der Waals surface area contributed by atoms with Crippen molar-refractivity contribution in [2.45, 2.75) is 57.0 Å². The van der Waals surface area contributed by atoms with E-state index in [9.17, 15) is 22.4 Å². The summed E-state index contributed by atoms with van der Waals surface area (Å²) in [6.07, 6.45) is 4.31. The largest absolute Gasteiger partial charge is 0.353 e. The number of amides is 1. The summed E-state index contributed by atoms with van der Waals surface area (Å²) in [7, 11) is 0. The van der Waals surface area contributed by atoms with Gasteiger partial charge in [0.05, 0.1) is 6.42 Å². The van der Waals surface area contributed by atoms with Gasteiger partial charge in [0.25, 0.3) is 0 Å². The van der Waals surface area contributed by atoms with Crippen LogP contribution >= 0.6 is 12.2 Å². The van der Waals surface area contributed by atoms with Crippen LogP contribution in [0.3, 0.4) is 0 Å². The van der Waals surface area contributed by atoms with E-state index in [1.165, 1.54) is 0 Å². The molecule has 1 atom stereocenters. The number of carbonyl (C=O) groups is 1. The fraction of sp³-hybridized carbons (Fsp3) is 0.474. The molecule has 28 heavy (non-hydrogen) atoms. The Labute approximate surface area is 163 Å². The Morgan fingerprint density at radius 3 is 2.46 bits per heavy atom. The highest BCUT2D eigenvalue weighted by Crippen LogP contribution is 2.36. The summed E-state index contributed by atoms with van der Waals surface area (Å²) in [5.41, 5.74) is 0.595. The first-order valence-corrected chi connectivity index (χ1v) is 9.68. The summed E-state index contributed by atoms with van der Waals surface area (Å²) in [6.45, 7) is 0.0889. The summed E-state index contributed by atoms with van der Waals surface area (Å²) < 4.78 is 57.5. The minimum atomic E-state index is -1.42. The van der Waals surface area contributed by atoms with Gasteiger partial charge >= 0.3 is 0 Å². The van der Waals surface area contributed by atoms with Crippen LogP contribution in [0.4, 0.5) is 17.6 Å². The molecule has 0 radical (unpaired) electrons. The molecule has 2 N–H and O–H groups in total. The van der Waals surface area contributed by atoms with E-state index in [1.54, 1.807) is 4.57 Å². The molecule has 4 rings (SSSR count). The van der Waals surface area contributed by atoms with E-state index in [2.05, 4.69) is 10.3 Å². The molecule has 2 heterocycles. The highest BCUT2D eigenvalue weighted by molar-refractivity contribution is 7.71. The lowest BCUT2D eigenvalue weighted by Crippen LogP contribution is -2.34. The van der Waals surface area contributed by atoms with Gasteiger partial charge in [-0.3, -0.25) is 4.79 Å². The average Bonchev–Trinajstić information content (AvgIpc) is 3.34. The van der Waals surface area contributed by atoms with E-state index in [4.69, 9.17) is 12.2 Å². The second-order valence-corrected chi connectivity index (χ2v) is 7.86. The van der Waals surface area contributed by atoms with Crippen LogP contribution in [0.5, 0.6) is 0 Å². The molecule has 0 unspecified atom stereocenters. The van der Waals surface area contributed by atoms with Crippen LogP contribution in [0.15, 0.2) is 6.07 Å². The summed E-state index contributed by atoms with van der Waals surface area (Å²) in [5.74, 6) is -6.56. The molecule has 4 nitrogen and oxygen atoms in total. The number of hydrogen-bond donors (Lipinski definition) is 2. The third kappa shape index (κ3) is 3.36. The van der Waals surface area contributed by atoms with Gasteiger partial charge in [-0.05, 0) is 31.5 Å². The molecule has 0 spiro atoms. The van der Waals surface area contributed by atoms with Gasteiger partial charge in [-0.2, -0.15) is 0 Å². The topological polar surface area (TPSA) is 49.8 Å². The standard InChI is InChI=1S/C19H19F4N3OS/c20-11-6-12(21)18(23)16(17(11)22)9-5-14-13(25-19(28)26(14)8-9)7-15(27)24-10-3-1-2-4-10/h6,9-10H,1-5,7-8H2,(H,24,27)(H,25,28)/t9-/m0/s1. The molecule has 1 saturated carbocycles. The maximum Gasteiger partial charge on any atom is 0.226 e.